The molecule has 0 saturated heterocycles. The van der Waals surface area contributed by atoms with Gasteiger partial charge in [0.1, 0.15) is 11.5 Å². The third-order valence-corrected chi connectivity index (χ3v) is 4.86. The van der Waals surface area contributed by atoms with Gasteiger partial charge in [-0.1, -0.05) is 31.6 Å². The zero-order chi connectivity index (χ0) is 17.1. The van der Waals surface area contributed by atoms with Crippen molar-refractivity contribution >= 4 is 0 Å². The van der Waals surface area contributed by atoms with Gasteiger partial charge in [-0.25, -0.2) is 0 Å². The number of rotatable bonds is 5. The normalized spacial score (nSPS) is 24.3. The fraction of sp³-hybridized carbons (Fsp3) is 0.500. The van der Waals surface area contributed by atoms with Crippen molar-refractivity contribution in [3.05, 3.63) is 47.1 Å². The maximum absolute atomic E-state index is 10.5. The molecular formula is C20H28O3. The highest BCUT2D eigenvalue weighted by Gasteiger charge is 2.33. The molecule has 3 N–H and O–H groups in total. The van der Waals surface area contributed by atoms with E-state index in [-0.39, 0.29) is 23.3 Å². The van der Waals surface area contributed by atoms with Crippen LogP contribution < -0.4 is 0 Å². The first-order chi connectivity index (χ1) is 10.8. The first kappa shape index (κ1) is 17.6. The monoisotopic (exact) mass is 316 g/mol. The van der Waals surface area contributed by atoms with Gasteiger partial charge in [0.25, 0.3) is 0 Å². The molecule has 0 heterocycles. The summed E-state index contributed by atoms with van der Waals surface area (Å²) >= 11 is 0. The summed E-state index contributed by atoms with van der Waals surface area (Å²) in [6.45, 7) is 9.96. The SMILES string of the molecule is C=C(C)[C@@H]1CC(O)C(C)=CC1c1c(O)cc(CCCC)cc1O. The quantitative estimate of drug-likeness (QED) is 0.704. The van der Waals surface area contributed by atoms with Crippen molar-refractivity contribution in [1.82, 2.24) is 0 Å². The first-order valence-electron chi connectivity index (χ1n) is 8.41. The van der Waals surface area contributed by atoms with Crippen molar-refractivity contribution in [3.8, 4) is 11.5 Å². The number of aryl methyl sites for hydroxylation is 1. The molecular weight excluding hydrogens is 288 g/mol. The summed E-state index contributed by atoms with van der Waals surface area (Å²) in [5.74, 6) is 0.115. The Morgan fingerprint density at radius 3 is 2.39 bits per heavy atom. The highest BCUT2D eigenvalue weighted by atomic mass is 16.3. The molecule has 1 aliphatic carbocycles. The van der Waals surface area contributed by atoms with Gasteiger partial charge in [-0.2, -0.15) is 0 Å². The largest absolute Gasteiger partial charge is 0.507 e. The number of aliphatic hydroxyl groups is 1. The smallest absolute Gasteiger partial charge is 0.123 e. The molecule has 1 aliphatic rings. The maximum atomic E-state index is 10.5. The van der Waals surface area contributed by atoms with E-state index >= 15 is 0 Å². The Bertz CT molecular complexity index is 592. The van der Waals surface area contributed by atoms with E-state index in [1.54, 1.807) is 12.1 Å². The number of unbranched alkanes of at least 4 members (excludes halogenated alkanes) is 1. The van der Waals surface area contributed by atoms with Crippen LogP contribution in [0.3, 0.4) is 0 Å². The summed E-state index contributed by atoms with van der Waals surface area (Å²) in [4.78, 5) is 0. The third kappa shape index (κ3) is 3.78. The molecule has 0 radical (unpaired) electrons. The zero-order valence-corrected chi connectivity index (χ0v) is 14.3. The van der Waals surface area contributed by atoms with Crippen LogP contribution in [0.4, 0.5) is 0 Å². The molecule has 2 rings (SSSR count). The Kier molecular flexibility index (Phi) is 5.53. The lowest BCUT2D eigenvalue weighted by Gasteiger charge is -2.34. The summed E-state index contributed by atoms with van der Waals surface area (Å²) in [7, 11) is 0. The second-order valence-corrected chi connectivity index (χ2v) is 6.79. The molecule has 0 spiro atoms. The Hall–Kier alpha value is -1.74. The standard InChI is InChI=1S/C20H28O3/c1-5-6-7-14-9-18(22)20(19(23)10-14)16-8-13(4)17(21)11-15(16)12(2)3/h8-10,15-17,21-23H,2,5-7,11H2,1,3-4H3/t15-,16?,17?/m0/s1. The predicted octanol–water partition coefficient (Wildman–Crippen LogP) is 4.43. The summed E-state index contributed by atoms with van der Waals surface area (Å²) in [6, 6.07) is 3.52. The maximum Gasteiger partial charge on any atom is 0.123 e. The van der Waals surface area contributed by atoms with Gasteiger partial charge < -0.3 is 15.3 Å². The van der Waals surface area contributed by atoms with E-state index in [0.29, 0.717) is 12.0 Å². The van der Waals surface area contributed by atoms with Crippen molar-refractivity contribution in [2.75, 3.05) is 0 Å². The van der Waals surface area contributed by atoms with Crippen LogP contribution in [0.5, 0.6) is 11.5 Å². The van der Waals surface area contributed by atoms with Gasteiger partial charge in [-0.15, -0.1) is 0 Å². The Morgan fingerprint density at radius 1 is 1.26 bits per heavy atom. The topological polar surface area (TPSA) is 60.7 Å². The van der Waals surface area contributed by atoms with Crippen LogP contribution in [0.25, 0.3) is 0 Å². The van der Waals surface area contributed by atoms with Crippen molar-refractivity contribution in [3.63, 3.8) is 0 Å². The second-order valence-electron chi connectivity index (χ2n) is 6.79. The van der Waals surface area contributed by atoms with Gasteiger partial charge in [0, 0.05) is 11.5 Å². The van der Waals surface area contributed by atoms with E-state index in [1.165, 1.54) is 0 Å². The van der Waals surface area contributed by atoms with Crippen molar-refractivity contribution in [2.45, 2.75) is 58.5 Å². The van der Waals surface area contributed by atoms with Gasteiger partial charge in [0.05, 0.1) is 6.10 Å². The van der Waals surface area contributed by atoms with E-state index in [0.717, 1.165) is 36.0 Å². The minimum Gasteiger partial charge on any atom is -0.507 e. The summed E-state index contributed by atoms with van der Waals surface area (Å²) in [6.07, 6.45) is 4.98. The Labute approximate surface area is 139 Å². The lowest BCUT2D eigenvalue weighted by molar-refractivity contribution is 0.168. The van der Waals surface area contributed by atoms with Gasteiger partial charge in [0.2, 0.25) is 0 Å². The average Bonchev–Trinajstić information content (AvgIpc) is 2.47. The Balaban J connectivity index is 2.44. The van der Waals surface area contributed by atoms with Crippen molar-refractivity contribution in [1.29, 1.82) is 0 Å². The molecule has 23 heavy (non-hydrogen) atoms. The fourth-order valence-electron chi connectivity index (χ4n) is 3.42. The number of aliphatic hydroxyl groups excluding tert-OH is 1. The van der Waals surface area contributed by atoms with Crippen LogP contribution in [-0.4, -0.2) is 21.4 Å². The fourth-order valence-corrected chi connectivity index (χ4v) is 3.42. The lowest BCUT2D eigenvalue weighted by atomic mass is 9.72. The molecule has 3 nitrogen and oxygen atoms in total. The third-order valence-electron chi connectivity index (χ3n) is 4.86. The van der Waals surface area contributed by atoms with Gasteiger partial charge in [-0.3, -0.25) is 0 Å². The molecule has 1 aromatic rings. The number of benzene rings is 1. The predicted molar refractivity (Wildman–Crippen MR) is 93.8 cm³/mol. The highest BCUT2D eigenvalue weighted by molar-refractivity contribution is 5.52. The zero-order valence-electron chi connectivity index (χ0n) is 14.3. The molecule has 0 bridgehead atoms. The van der Waals surface area contributed by atoms with E-state index in [9.17, 15) is 15.3 Å². The van der Waals surface area contributed by atoms with Crippen LogP contribution in [0.15, 0.2) is 35.9 Å². The minimum atomic E-state index is -0.485. The summed E-state index contributed by atoms with van der Waals surface area (Å²) in [5, 5.41) is 31.1. The second kappa shape index (κ2) is 7.22. The molecule has 126 valence electrons. The van der Waals surface area contributed by atoms with E-state index in [4.69, 9.17) is 0 Å². The van der Waals surface area contributed by atoms with Crippen LogP contribution in [0.2, 0.25) is 0 Å². The summed E-state index contributed by atoms with van der Waals surface area (Å²) in [5.41, 5.74) is 3.33. The molecule has 3 atom stereocenters. The van der Waals surface area contributed by atoms with Crippen LogP contribution in [0.1, 0.15) is 57.1 Å². The van der Waals surface area contributed by atoms with Gasteiger partial charge in [-0.05, 0) is 62.3 Å². The molecule has 0 amide bonds. The molecule has 0 aromatic heterocycles. The minimum absolute atomic E-state index is 0.00647. The number of phenols is 2. The van der Waals surface area contributed by atoms with Crippen molar-refractivity contribution in [2.24, 2.45) is 5.92 Å². The van der Waals surface area contributed by atoms with E-state index in [1.807, 2.05) is 19.9 Å². The molecule has 0 aliphatic heterocycles. The van der Waals surface area contributed by atoms with Crippen LogP contribution in [-0.2, 0) is 6.42 Å². The van der Waals surface area contributed by atoms with Gasteiger partial charge in [0.15, 0.2) is 0 Å². The van der Waals surface area contributed by atoms with Gasteiger partial charge >= 0.3 is 0 Å². The number of hydrogen-bond acceptors (Lipinski definition) is 3. The number of aromatic hydroxyl groups is 2. The lowest BCUT2D eigenvalue weighted by Crippen LogP contribution is -2.26. The molecule has 2 unspecified atom stereocenters. The number of hydrogen-bond donors (Lipinski definition) is 3. The molecule has 3 heteroatoms. The van der Waals surface area contributed by atoms with Crippen LogP contribution in [0, 0.1) is 5.92 Å². The highest BCUT2D eigenvalue weighted by Crippen LogP contribution is 2.46. The molecule has 0 saturated carbocycles. The molecule has 1 aromatic carbocycles. The number of phenolic OH excluding ortho intramolecular Hbond substituents is 2. The van der Waals surface area contributed by atoms with E-state index < -0.39 is 6.10 Å². The summed E-state index contributed by atoms with van der Waals surface area (Å²) < 4.78 is 0. The van der Waals surface area contributed by atoms with E-state index in [2.05, 4.69) is 13.5 Å². The molecule has 0 fully saturated rings. The van der Waals surface area contributed by atoms with Crippen LogP contribution >= 0.6 is 0 Å². The average molecular weight is 316 g/mol. The number of allylic oxidation sites excluding steroid dienone is 2. The first-order valence-corrected chi connectivity index (χ1v) is 8.41. The Morgan fingerprint density at radius 2 is 1.87 bits per heavy atom. The van der Waals surface area contributed by atoms with Crippen molar-refractivity contribution < 1.29 is 15.3 Å².